The second kappa shape index (κ2) is 17.1. The number of halogens is 2. The van der Waals surface area contributed by atoms with Gasteiger partial charge < -0.3 is 25.4 Å². The Morgan fingerprint density at radius 2 is 1.63 bits per heavy atom. The third-order valence-corrected chi connectivity index (χ3v) is 7.06. The molecular weight excluding hydrogens is 564 g/mol. The van der Waals surface area contributed by atoms with Crippen LogP contribution in [0.4, 0.5) is 8.78 Å². The third-order valence-electron chi connectivity index (χ3n) is 7.06. The number of ether oxygens (including phenoxy) is 2. The van der Waals surface area contributed by atoms with Gasteiger partial charge in [-0.05, 0) is 37.0 Å². The van der Waals surface area contributed by atoms with Gasteiger partial charge in [0.25, 0.3) is 11.8 Å². The van der Waals surface area contributed by atoms with E-state index in [-0.39, 0.29) is 25.6 Å². The average molecular weight is 602 g/mol. The molecule has 0 saturated heterocycles. The van der Waals surface area contributed by atoms with E-state index in [4.69, 9.17) is 9.47 Å². The van der Waals surface area contributed by atoms with Crippen molar-refractivity contribution in [2.75, 3.05) is 19.8 Å². The van der Waals surface area contributed by atoms with Crippen molar-refractivity contribution in [2.24, 2.45) is 5.92 Å². The number of amides is 3. The van der Waals surface area contributed by atoms with E-state index in [2.05, 4.69) is 16.0 Å². The van der Waals surface area contributed by atoms with E-state index in [1.807, 2.05) is 6.07 Å². The second-order valence-electron chi connectivity index (χ2n) is 10.3. The number of rotatable bonds is 15. The highest BCUT2D eigenvalue weighted by Gasteiger charge is 2.33. The molecule has 2 atom stereocenters. The fraction of sp³-hybridized carbons (Fsp3) is 0.452. The smallest absolute Gasteiger partial charge is 0.325 e. The number of Topliss-reactive ketones (excluding diaryl/α,β-unsaturated/α-hetero) is 1. The van der Waals surface area contributed by atoms with Crippen LogP contribution in [0.15, 0.2) is 48.5 Å². The van der Waals surface area contributed by atoms with E-state index in [9.17, 15) is 32.8 Å². The van der Waals surface area contributed by atoms with Gasteiger partial charge in [-0.15, -0.1) is 0 Å². The van der Waals surface area contributed by atoms with Gasteiger partial charge in [0.15, 0.2) is 11.6 Å². The molecule has 0 unspecified atom stereocenters. The van der Waals surface area contributed by atoms with Crippen LogP contribution >= 0.6 is 0 Å². The lowest BCUT2D eigenvalue weighted by Gasteiger charge is -2.28. The molecule has 10 nitrogen and oxygen atoms in total. The average Bonchev–Trinajstić information content (AvgIpc) is 3.01. The number of hydrogen-bond acceptors (Lipinski definition) is 7. The molecule has 0 spiro atoms. The maximum absolute atomic E-state index is 14.3. The first-order chi connectivity index (χ1) is 20.7. The van der Waals surface area contributed by atoms with Crippen LogP contribution in [0.25, 0.3) is 0 Å². The van der Waals surface area contributed by atoms with Crippen LogP contribution in [0.3, 0.4) is 0 Å². The lowest BCUT2D eigenvalue weighted by molar-refractivity contribution is -0.146. The lowest BCUT2D eigenvalue weighted by atomic mass is 9.84. The minimum absolute atomic E-state index is 0.0681. The van der Waals surface area contributed by atoms with E-state index in [0.29, 0.717) is 0 Å². The Labute approximate surface area is 248 Å². The maximum atomic E-state index is 14.3. The summed E-state index contributed by atoms with van der Waals surface area (Å²) in [5.41, 5.74) is 0.213. The van der Waals surface area contributed by atoms with Crippen molar-refractivity contribution in [2.45, 2.75) is 64.1 Å². The van der Waals surface area contributed by atoms with E-state index in [1.165, 1.54) is 6.07 Å². The van der Waals surface area contributed by atoms with Crippen LogP contribution in [0.2, 0.25) is 0 Å². The molecule has 0 radical (unpaired) electrons. The molecule has 1 fully saturated rings. The van der Waals surface area contributed by atoms with Gasteiger partial charge in [0, 0.05) is 0 Å². The SMILES string of the molecule is CCOC(=O)CNC(=O)C(=O)[C@H](COCc1ccccc1)NC(=O)[C@H](CC1CCCCC1)NC(=O)c1cccc(F)c1F. The molecule has 1 aliphatic carbocycles. The summed E-state index contributed by atoms with van der Waals surface area (Å²) >= 11 is 0. The largest absolute Gasteiger partial charge is 0.465 e. The zero-order valence-corrected chi connectivity index (χ0v) is 24.0. The van der Waals surface area contributed by atoms with Gasteiger partial charge >= 0.3 is 5.97 Å². The maximum Gasteiger partial charge on any atom is 0.325 e. The molecule has 1 aliphatic rings. The van der Waals surface area contributed by atoms with Crippen molar-refractivity contribution in [3.8, 4) is 0 Å². The number of nitrogens with one attached hydrogen (secondary N) is 3. The first-order valence-electron chi connectivity index (χ1n) is 14.3. The monoisotopic (exact) mass is 601 g/mol. The van der Waals surface area contributed by atoms with Gasteiger partial charge in [-0.25, -0.2) is 8.78 Å². The van der Waals surface area contributed by atoms with Crippen molar-refractivity contribution in [1.29, 1.82) is 0 Å². The number of esters is 1. The topological polar surface area (TPSA) is 140 Å². The molecular formula is C31H37F2N3O7. The standard InChI is InChI=1S/C31H37F2N3O7/c1-2-43-26(37)17-34-31(41)28(38)25(19-42-18-21-12-7-4-8-13-21)36-30(40)24(16-20-10-5-3-6-11-20)35-29(39)22-14-9-15-23(32)27(22)33/h4,7-9,12-15,20,24-25H,2-3,5-6,10-11,16-19H2,1H3,(H,34,41)(H,35,39)(H,36,40)/t24-,25-/m0/s1. The van der Waals surface area contributed by atoms with Crippen LogP contribution in [0, 0.1) is 17.6 Å². The quantitative estimate of drug-likeness (QED) is 0.211. The predicted octanol–water partition coefficient (Wildman–Crippen LogP) is 2.98. The Morgan fingerprint density at radius 3 is 2.33 bits per heavy atom. The Bertz CT molecular complexity index is 1270. The Hall–Kier alpha value is -4.19. The molecule has 43 heavy (non-hydrogen) atoms. The molecule has 1 saturated carbocycles. The number of benzene rings is 2. The van der Waals surface area contributed by atoms with Crippen LogP contribution in [0.1, 0.15) is 61.4 Å². The van der Waals surface area contributed by atoms with Gasteiger partial charge in [-0.2, -0.15) is 0 Å². The van der Waals surface area contributed by atoms with Crippen molar-refractivity contribution >= 4 is 29.5 Å². The number of carbonyl (C=O) groups is 5. The van der Waals surface area contributed by atoms with E-state index in [0.717, 1.165) is 49.8 Å². The van der Waals surface area contributed by atoms with Crippen molar-refractivity contribution in [3.05, 3.63) is 71.3 Å². The molecule has 3 N–H and O–H groups in total. The normalized spacial score (nSPS) is 14.7. The summed E-state index contributed by atoms with van der Waals surface area (Å²) in [6.07, 6.45) is 4.75. The van der Waals surface area contributed by atoms with Crippen molar-refractivity contribution < 1.29 is 42.2 Å². The Balaban J connectivity index is 1.77. The number of hydrogen-bond donors (Lipinski definition) is 3. The summed E-state index contributed by atoms with van der Waals surface area (Å²) in [7, 11) is 0. The molecule has 0 aliphatic heterocycles. The predicted molar refractivity (Wildman–Crippen MR) is 151 cm³/mol. The van der Waals surface area contributed by atoms with Gasteiger partial charge in [0.2, 0.25) is 11.7 Å². The minimum Gasteiger partial charge on any atom is -0.465 e. The first kappa shape index (κ1) is 33.3. The van der Waals surface area contributed by atoms with E-state index in [1.54, 1.807) is 31.2 Å². The van der Waals surface area contributed by atoms with Gasteiger partial charge in [-0.3, -0.25) is 24.0 Å². The molecule has 3 rings (SSSR count). The van der Waals surface area contributed by atoms with Gasteiger partial charge in [0.05, 0.1) is 25.4 Å². The van der Waals surface area contributed by atoms with Gasteiger partial charge in [-0.1, -0.05) is 68.5 Å². The van der Waals surface area contributed by atoms with E-state index >= 15 is 0 Å². The molecule has 232 valence electrons. The highest BCUT2D eigenvalue weighted by Crippen LogP contribution is 2.27. The molecule has 12 heteroatoms. The van der Waals surface area contributed by atoms with Crippen LogP contribution in [0.5, 0.6) is 0 Å². The summed E-state index contributed by atoms with van der Waals surface area (Å²) in [5.74, 6) is -7.25. The zero-order valence-electron chi connectivity index (χ0n) is 24.0. The zero-order chi connectivity index (χ0) is 31.2. The number of carbonyl (C=O) groups excluding carboxylic acids is 5. The summed E-state index contributed by atoms with van der Waals surface area (Å²) in [5, 5.41) is 7.15. The van der Waals surface area contributed by atoms with Crippen molar-refractivity contribution in [1.82, 2.24) is 16.0 Å². The second-order valence-corrected chi connectivity index (χ2v) is 10.3. The summed E-state index contributed by atoms with van der Waals surface area (Å²) in [6, 6.07) is 9.46. The molecule has 0 heterocycles. The molecule has 3 amide bonds. The lowest BCUT2D eigenvalue weighted by Crippen LogP contribution is -2.56. The van der Waals surface area contributed by atoms with Crippen LogP contribution in [-0.4, -0.2) is 61.3 Å². The van der Waals surface area contributed by atoms with Crippen LogP contribution < -0.4 is 16.0 Å². The third kappa shape index (κ3) is 10.5. The Morgan fingerprint density at radius 1 is 0.907 bits per heavy atom. The highest BCUT2D eigenvalue weighted by atomic mass is 19.2. The van der Waals surface area contributed by atoms with Crippen molar-refractivity contribution in [3.63, 3.8) is 0 Å². The number of ketones is 1. The summed E-state index contributed by atoms with van der Waals surface area (Å²) in [4.78, 5) is 63.8. The summed E-state index contributed by atoms with van der Waals surface area (Å²) in [6.45, 7) is 0.804. The highest BCUT2D eigenvalue weighted by molar-refractivity contribution is 6.38. The minimum atomic E-state index is -1.48. The molecule has 2 aromatic carbocycles. The fourth-order valence-corrected chi connectivity index (χ4v) is 4.84. The van der Waals surface area contributed by atoms with Gasteiger partial charge in [0.1, 0.15) is 18.6 Å². The molecule has 2 aromatic rings. The van der Waals surface area contributed by atoms with Crippen LogP contribution in [-0.2, 0) is 35.3 Å². The first-order valence-corrected chi connectivity index (χ1v) is 14.3. The Kier molecular flexibility index (Phi) is 13.2. The molecule has 0 aromatic heterocycles. The summed E-state index contributed by atoms with van der Waals surface area (Å²) < 4.78 is 38.5. The molecule has 0 bridgehead atoms. The fourth-order valence-electron chi connectivity index (χ4n) is 4.84. The van der Waals surface area contributed by atoms with E-state index < -0.39 is 71.9 Å².